The number of likely N-dealkylation sites (tertiary alicyclic amines) is 1. The quantitative estimate of drug-likeness (QED) is 0.858. The predicted octanol–water partition coefficient (Wildman–Crippen LogP) is 1.89. The first-order chi connectivity index (χ1) is 10.1. The van der Waals surface area contributed by atoms with Gasteiger partial charge in [0.05, 0.1) is 18.2 Å². The lowest BCUT2D eigenvalue weighted by Crippen LogP contribution is -2.32. The standard InChI is InChI=1S/C14H18N4O3/c1-8-11(17-21-16-8)7-13(19)18-6-4-5-12(18)14-9(2)15-20-10(14)3/h12H,4-7H2,1-3H3/t12-/m1/s1. The molecule has 0 spiro atoms. The number of carbonyl (C=O) groups is 1. The molecule has 21 heavy (non-hydrogen) atoms. The normalized spacial score (nSPS) is 18.4. The molecule has 112 valence electrons. The molecular formula is C14H18N4O3. The number of rotatable bonds is 3. The summed E-state index contributed by atoms with van der Waals surface area (Å²) < 4.78 is 9.89. The molecule has 1 saturated heterocycles. The van der Waals surface area contributed by atoms with Crippen LogP contribution in [0.1, 0.15) is 47.3 Å². The Kier molecular flexibility index (Phi) is 3.48. The van der Waals surface area contributed by atoms with Crippen LogP contribution in [-0.4, -0.2) is 32.8 Å². The van der Waals surface area contributed by atoms with Crippen molar-refractivity contribution >= 4 is 5.91 Å². The van der Waals surface area contributed by atoms with E-state index in [0.29, 0.717) is 11.4 Å². The van der Waals surface area contributed by atoms with Gasteiger partial charge in [-0.05, 0) is 33.6 Å². The Hall–Kier alpha value is -2.18. The van der Waals surface area contributed by atoms with Gasteiger partial charge in [0.15, 0.2) is 0 Å². The molecule has 3 rings (SSSR count). The summed E-state index contributed by atoms with van der Waals surface area (Å²) in [5.41, 5.74) is 3.16. The van der Waals surface area contributed by atoms with Gasteiger partial charge in [-0.25, -0.2) is 4.63 Å². The van der Waals surface area contributed by atoms with E-state index >= 15 is 0 Å². The minimum Gasteiger partial charge on any atom is -0.361 e. The molecule has 1 atom stereocenters. The maximum atomic E-state index is 12.6. The van der Waals surface area contributed by atoms with Crippen LogP contribution in [0.5, 0.6) is 0 Å². The van der Waals surface area contributed by atoms with Gasteiger partial charge in [-0.2, -0.15) is 0 Å². The van der Waals surface area contributed by atoms with Crippen LogP contribution in [0.3, 0.4) is 0 Å². The predicted molar refractivity (Wildman–Crippen MR) is 72.4 cm³/mol. The molecule has 0 bridgehead atoms. The van der Waals surface area contributed by atoms with Crippen molar-refractivity contribution in [2.45, 2.75) is 46.1 Å². The van der Waals surface area contributed by atoms with Crippen molar-refractivity contribution in [2.24, 2.45) is 0 Å². The van der Waals surface area contributed by atoms with E-state index in [2.05, 4.69) is 20.1 Å². The summed E-state index contributed by atoms with van der Waals surface area (Å²) >= 11 is 0. The topological polar surface area (TPSA) is 85.3 Å². The highest BCUT2D eigenvalue weighted by molar-refractivity contribution is 5.79. The number of hydrogen-bond acceptors (Lipinski definition) is 6. The van der Waals surface area contributed by atoms with Crippen molar-refractivity contribution in [1.29, 1.82) is 0 Å². The summed E-state index contributed by atoms with van der Waals surface area (Å²) in [6.07, 6.45) is 2.14. The van der Waals surface area contributed by atoms with Gasteiger partial charge in [-0.3, -0.25) is 4.79 Å². The molecule has 0 saturated carbocycles. The van der Waals surface area contributed by atoms with Gasteiger partial charge in [0.1, 0.15) is 17.1 Å². The van der Waals surface area contributed by atoms with Gasteiger partial charge in [-0.1, -0.05) is 15.5 Å². The van der Waals surface area contributed by atoms with Crippen molar-refractivity contribution in [3.63, 3.8) is 0 Å². The van der Waals surface area contributed by atoms with E-state index in [0.717, 1.165) is 36.4 Å². The Morgan fingerprint density at radius 1 is 1.24 bits per heavy atom. The highest BCUT2D eigenvalue weighted by Gasteiger charge is 2.34. The van der Waals surface area contributed by atoms with Gasteiger partial charge in [-0.15, -0.1) is 0 Å². The van der Waals surface area contributed by atoms with E-state index in [9.17, 15) is 4.79 Å². The van der Waals surface area contributed by atoms with E-state index < -0.39 is 0 Å². The lowest BCUT2D eigenvalue weighted by atomic mass is 10.0. The number of hydrogen-bond donors (Lipinski definition) is 0. The molecule has 7 nitrogen and oxygen atoms in total. The van der Waals surface area contributed by atoms with Gasteiger partial charge in [0.2, 0.25) is 5.91 Å². The van der Waals surface area contributed by atoms with Crippen LogP contribution < -0.4 is 0 Å². The zero-order valence-electron chi connectivity index (χ0n) is 12.4. The first-order valence-corrected chi connectivity index (χ1v) is 7.08. The SMILES string of the molecule is Cc1nonc1CC(=O)N1CCC[C@@H]1c1c(C)noc1C. The number of aryl methyl sites for hydroxylation is 3. The molecule has 1 fully saturated rings. The smallest absolute Gasteiger partial charge is 0.229 e. The maximum absolute atomic E-state index is 12.6. The molecular weight excluding hydrogens is 272 g/mol. The van der Waals surface area contributed by atoms with Crippen LogP contribution >= 0.6 is 0 Å². The Morgan fingerprint density at radius 3 is 2.67 bits per heavy atom. The van der Waals surface area contributed by atoms with Crippen LogP contribution in [-0.2, 0) is 11.2 Å². The summed E-state index contributed by atoms with van der Waals surface area (Å²) in [7, 11) is 0. The third kappa shape index (κ3) is 2.43. The van der Waals surface area contributed by atoms with Gasteiger partial charge in [0, 0.05) is 12.1 Å². The fourth-order valence-corrected chi connectivity index (χ4v) is 2.99. The summed E-state index contributed by atoms with van der Waals surface area (Å²) in [4.78, 5) is 14.4. The fourth-order valence-electron chi connectivity index (χ4n) is 2.99. The van der Waals surface area contributed by atoms with Crippen molar-refractivity contribution in [1.82, 2.24) is 20.4 Å². The highest BCUT2D eigenvalue weighted by atomic mass is 16.6. The first-order valence-electron chi connectivity index (χ1n) is 7.08. The second-order valence-electron chi connectivity index (χ2n) is 5.46. The summed E-state index contributed by atoms with van der Waals surface area (Å²) in [5.74, 6) is 0.827. The molecule has 0 aromatic carbocycles. The average Bonchev–Trinajstić information content (AvgIpc) is 3.13. The maximum Gasteiger partial charge on any atom is 0.229 e. The lowest BCUT2D eigenvalue weighted by molar-refractivity contribution is -0.131. The van der Waals surface area contributed by atoms with Gasteiger partial charge >= 0.3 is 0 Å². The number of amides is 1. The Morgan fingerprint density at radius 2 is 2.05 bits per heavy atom. The van der Waals surface area contributed by atoms with Crippen LogP contribution in [0.4, 0.5) is 0 Å². The van der Waals surface area contributed by atoms with Crippen molar-refractivity contribution in [2.75, 3.05) is 6.54 Å². The summed E-state index contributed by atoms with van der Waals surface area (Å²) in [5, 5.41) is 11.5. The third-order valence-corrected chi connectivity index (χ3v) is 4.06. The fraction of sp³-hybridized carbons (Fsp3) is 0.571. The molecule has 2 aromatic rings. The van der Waals surface area contributed by atoms with E-state index in [-0.39, 0.29) is 18.4 Å². The molecule has 0 unspecified atom stereocenters. The Labute approximate surface area is 122 Å². The number of carbonyl (C=O) groups excluding carboxylic acids is 1. The molecule has 3 heterocycles. The van der Waals surface area contributed by atoms with Crippen LogP contribution in [0.25, 0.3) is 0 Å². The minimum absolute atomic E-state index is 0.0382. The first kappa shape index (κ1) is 13.8. The monoisotopic (exact) mass is 290 g/mol. The van der Waals surface area contributed by atoms with Crippen LogP contribution in [0.2, 0.25) is 0 Å². The average molecular weight is 290 g/mol. The van der Waals surface area contributed by atoms with Gasteiger partial charge < -0.3 is 9.42 Å². The highest BCUT2D eigenvalue weighted by Crippen LogP contribution is 2.35. The second kappa shape index (κ2) is 5.31. The molecule has 0 radical (unpaired) electrons. The molecule has 1 aliphatic heterocycles. The van der Waals surface area contributed by atoms with Crippen molar-refractivity contribution in [3.8, 4) is 0 Å². The van der Waals surface area contributed by atoms with Gasteiger partial charge in [0.25, 0.3) is 0 Å². The number of aromatic nitrogens is 3. The van der Waals surface area contributed by atoms with Crippen molar-refractivity contribution < 1.29 is 13.9 Å². The van der Waals surface area contributed by atoms with E-state index in [1.165, 1.54) is 0 Å². The molecule has 0 N–H and O–H groups in total. The van der Waals surface area contributed by atoms with Crippen LogP contribution in [0.15, 0.2) is 9.15 Å². The Bertz CT molecular complexity index is 641. The Balaban J connectivity index is 1.81. The second-order valence-corrected chi connectivity index (χ2v) is 5.46. The van der Waals surface area contributed by atoms with Crippen molar-refractivity contribution in [3.05, 3.63) is 28.4 Å². The lowest BCUT2D eigenvalue weighted by Gasteiger charge is -2.24. The number of nitrogens with zero attached hydrogens (tertiary/aromatic N) is 4. The third-order valence-electron chi connectivity index (χ3n) is 4.06. The van der Waals surface area contributed by atoms with E-state index in [1.807, 2.05) is 18.7 Å². The molecule has 1 amide bonds. The molecule has 0 aliphatic carbocycles. The zero-order chi connectivity index (χ0) is 15.0. The zero-order valence-corrected chi connectivity index (χ0v) is 12.4. The summed E-state index contributed by atoms with van der Waals surface area (Å²) in [6.45, 7) is 6.34. The molecule has 2 aromatic heterocycles. The molecule has 1 aliphatic rings. The summed E-state index contributed by atoms with van der Waals surface area (Å²) in [6, 6.07) is 0.0453. The largest absolute Gasteiger partial charge is 0.361 e. The minimum atomic E-state index is 0.0382. The van der Waals surface area contributed by atoms with E-state index in [1.54, 1.807) is 6.92 Å². The van der Waals surface area contributed by atoms with Crippen LogP contribution in [0, 0.1) is 20.8 Å². The molecule has 7 heteroatoms. The van der Waals surface area contributed by atoms with E-state index in [4.69, 9.17) is 4.52 Å².